The minimum absolute atomic E-state index is 0. The second-order valence-electron chi connectivity index (χ2n) is 4.41. The number of aromatic amines is 1. The van der Waals surface area contributed by atoms with E-state index in [4.69, 9.17) is 0 Å². The Kier molecular flexibility index (Phi) is 4.04. The number of amides is 1. The normalized spacial score (nSPS) is 22.2. The van der Waals surface area contributed by atoms with Crippen LogP contribution in [-0.2, 0) is 4.79 Å². The van der Waals surface area contributed by atoms with Crippen molar-refractivity contribution in [3.05, 3.63) is 24.4 Å². The molecule has 1 aromatic heterocycles. The van der Waals surface area contributed by atoms with Gasteiger partial charge in [-0.3, -0.25) is 9.89 Å². The van der Waals surface area contributed by atoms with Crippen LogP contribution in [0.1, 0.15) is 6.42 Å². The fourth-order valence-electron chi connectivity index (χ4n) is 2.24. The summed E-state index contributed by atoms with van der Waals surface area (Å²) in [6.45, 7) is 0.662. The number of carbonyl (C=O) groups is 1. The molecule has 6 nitrogen and oxygen atoms in total. The third kappa shape index (κ3) is 2.56. The van der Waals surface area contributed by atoms with Crippen LogP contribution in [-0.4, -0.2) is 39.9 Å². The van der Waals surface area contributed by atoms with Crippen LogP contribution in [0.15, 0.2) is 24.4 Å². The minimum Gasteiger partial charge on any atom is -0.391 e. The maximum atomic E-state index is 12.0. The second kappa shape index (κ2) is 5.56. The smallest absolute Gasteiger partial charge is 0.244 e. The average Bonchev–Trinajstić information content (AvgIpc) is 2.97. The van der Waals surface area contributed by atoms with Crippen molar-refractivity contribution in [2.45, 2.75) is 18.6 Å². The molecule has 0 unspecified atom stereocenters. The van der Waals surface area contributed by atoms with E-state index >= 15 is 0 Å². The van der Waals surface area contributed by atoms with Gasteiger partial charge in [-0.2, -0.15) is 5.10 Å². The van der Waals surface area contributed by atoms with Gasteiger partial charge in [0.15, 0.2) is 0 Å². The van der Waals surface area contributed by atoms with Crippen LogP contribution in [0.5, 0.6) is 0 Å². The lowest BCUT2D eigenvalue weighted by Gasteiger charge is -2.15. The zero-order valence-electron chi connectivity index (χ0n) is 10.1. The number of aromatic nitrogens is 2. The number of nitrogens with one attached hydrogen (secondary N) is 3. The molecule has 1 aliphatic heterocycles. The fraction of sp³-hybridized carbons (Fsp3) is 0.333. The van der Waals surface area contributed by atoms with Crippen molar-refractivity contribution < 1.29 is 9.90 Å². The number of benzene rings is 1. The van der Waals surface area contributed by atoms with E-state index in [-0.39, 0.29) is 18.3 Å². The van der Waals surface area contributed by atoms with Gasteiger partial charge < -0.3 is 15.7 Å². The van der Waals surface area contributed by atoms with Gasteiger partial charge in [0.05, 0.1) is 23.5 Å². The third-order valence-corrected chi connectivity index (χ3v) is 3.21. The van der Waals surface area contributed by atoms with Crippen LogP contribution in [0.2, 0.25) is 0 Å². The summed E-state index contributed by atoms with van der Waals surface area (Å²) in [5.41, 5.74) is 1.57. The predicted octanol–water partition coefficient (Wildman–Crippen LogP) is 0.646. The Hall–Kier alpha value is -1.63. The van der Waals surface area contributed by atoms with Crippen molar-refractivity contribution in [1.29, 1.82) is 0 Å². The lowest BCUT2D eigenvalue weighted by atomic mass is 10.1. The van der Waals surface area contributed by atoms with Crippen molar-refractivity contribution >= 4 is 34.9 Å². The van der Waals surface area contributed by atoms with Gasteiger partial charge in [-0.25, -0.2) is 0 Å². The molecule has 19 heavy (non-hydrogen) atoms. The highest BCUT2D eigenvalue weighted by atomic mass is 35.5. The van der Waals surface area contributed by atoms with E-state index in [0.717, 1.165) is 10.9 Å². The van der Waals surface area contributed by atoms with Crippen LogP contribution in [0.4, 0.5) is 5.69 Å². The minimum atomic E-state index is -0.617. The lowest BCUT2D eigenvalue weighted by molar-refractivity contribution is -0.119. The molecule has 1 aliphatic rings. The largest absolute Gasteiger partial charge is 0.391 e. The van der Waals surface area contributed by atoms with Crippen LogP contribution >= 0.6 is 12.4 Å². The molecular weight excluding hydrogens is 268 g/mol. The summed E-state index contributed by atoms with van der Waals surface area (Å²) in [4.78, 5) is 12.0. The number of fused-ring (bicyclic) bond motifs is 1. The number of aliphatic hydroxyl groups excluding tert-OH is 1. The molecule has 4 N–H and O–H groups in total. The second-order valence-corrected chi connectivity index (χ2v) is 4.41. The highest BCUT2D eigenvalue weighted by Crippen LogP contribution is 2.21. The molecular formula is C12H15ClN4O2. The number of hydrogen-bond donors (Lipinski definition) is 4. The van der Waals surface area contributed by atoms with Crippen LogP contribution < -0.4 is 10.6 Å². The molecule has 1 aromatic carbocycles. The van der Waals surface area contributed by atoms with Crippen molar-refractivity contribution in [1.82, 2.24) is 15.5 Å². The molecule has 2 heterocycles. The Morgan fingerprint density at radius 2 is 2.32 bits per heavy atom. The Morgan fingerprint density at radius 1 is 1.47 bits per heavy atom. The first-order valence-electron chi connectivity index (χ1n) is 5.90. The molecule has 2 atom stereocenters. The van der Waals surface area contributed by atoms with Gasteiger partial charge in [-0.05, 0) is 25.1 Å². The van der Waals surface area contributed by atoms with Crippen molar-refractivity contribution in [2.75, 3.05) is 11.9 Å². The van der Waals surface area contributed by atoms with E-state index in [1.54, 1.807) is 6.20 Å². The summed E-state index contributed by atoms with van der Waals surface area (Å²) in [6.07, 6.45) is 1.66. The summed E-state index contributed by atoms with van der Waals surface area (Å²) in [5, 5.41) is 23.1. The molecule has 1 saturated heterocycles. The Morgan fingerprint density at radius 3 is 3.05 bits per heavy atom. The van der Waals surface area contributed by atoms with Crippen LogP contribution in [0.25, 0.3) is 10.9 Å². The van der Waals surface area contributed by atoms with Gasteiger partial charge in [0.2, 0.25) is 5.91 Å². The van der Waals surface area contributed by atoms with Crippen LogP contribution in [0, 0.1) is 0 Å². The first-order valence-corrected chi connectivity index (χ1v) is 5.90. The van der Waals surface area contributed by atoms with Crippen molar-refractivity contribution in [3.63, 3.8) is 0 Å². The maximum Gasteiger partial charge on any atom is 0.244 e. The molecule has 0 aliphatic carbocycles. The van der Waals surface area contributed by atoms with Crippen LogP contribution in [0.3, 0.4) is 0 Å². The molecule has 2 aromatic rings. The van der Waals surface area contributed by atoms with E-state index in [9.17, 15) is 9.90 Å². The topological polar surface area (TPSA) is 90.0 Å². The number of anilines is 1. The van der Waals surface area contributed by atoms with E-state index < -0.39 is 12.1 Å². The van der Waals surface area contributed by atoms with Gasteiger partial charge >= 0.3 is 0 Å². The highest BCUT2D eigenvalue weighted by molar-refractivity contribution is 6.03. The molecule has 3 rings (SSSR count). The van der Waals surface area contributed by atoms with Gasteiger partial charge in [-0.15, -0.1) is 12.4 Å². The molecule has 0 bridgehead atoms. The predicted molar refractivity (Wildman–Crippen MR) is 74.4 cm³/mol. The summed E-state index contributed by atoms with van der Waals surface area (Å²) >= 11 is 0. The molecule has 7 heteroatoms. The lowest BCUT2D eigenvalue weighted by Crippen LogP contribution is -2.42. The Labute approximate surface area is 116 Å². The molecule has 0 spiro atoms. The van der Waals surface area contributed by atoms with Crippen molar-refractivity contribution in [3.8, 4) is 0 Å². The molecule has 102 valence electrons. The van der Waals surface area contributed by atoms with Gasteiger partial charge in [0, 0.05) is 5.39 Å². The number of nitrogens with zero attached hydrogens (tertiary/aromatic N) is 1. The van der Waals surface area contributed by atoms with Gasteiger partial charge in [0.1, 0.15) is 6.04 Å². The Balaban J connectivity index is 0.00000133. The summed E-state index contributed by atoms with van der Waals surface area (Å²) < 4.78 is 0. The average molecular weight is 283 g/mol. The number of rotatable bonds is 2. The molecule has 1 amide bonds. The zero-order valence-corrected chi connectivity index (χ0v) is 10.9. The Bertz CT molecular complexity index is 586. The molecule has 1 fully saturated rings. The quantitative estimate of drug-likeness (QED) is 0.651. The molecule has 0 radical (unpaired) electrons. The van der Waals surface area contributed by atoms with Gasteiger partial charge in [-0.1, -0.05) is 6.07 Å². The van der Waals surface area contributed by atoms with E-state index in [1.807, 2.05) is 18.2 Å². The fourth-order valence-corrected chi connectivity index (χ4v) is 2.24. The third-order valence-electron chi connectivity index (χ3n) is 3.21. The van der Waals surface area contributed by atoms with E-state index in [2.05, 4.69) is 20.8 Å². The number of hydrogen-bond acceptors (Lipinski definition) is 4. The number of carbonyl (C=O) groups excluding carboxylic acids is 1. The van der Waals surface area contributed by atoms with Gasteiger partial charge in [0.25, 0.3) is 0 Å². The number of halogens is 1. The summed E-state index contributed by atoms with van der Waals surface area (Å²) in [7, 11) is 0. The monoisotopic (exact) mass is 282 g/mol. The number of aliphatic hydroxyl groups is 1. The summed E-state index contributed by atoms with van der Waals surface area (Å²) in [5.74, 6) is -0.214. The standard InChI is InChI=1S/C12H14N4O2.ClH/c17-10-4-5-13-11(10)12(18)15-8-2-1-3-9-7(8)6-14-16-9;/h1-3,6,10-11,13,17H,4-5H2,(H,14,16)(H,15,18);1H/t10-,11+;/m0./s1. The zero-order chi connectivity index (χ0) is 12.5. The van der Waals surface area contributed by atoms with Crippen molar-refractivity contribution in [2.24, 2.45) is 0 Å². The summed E-state index contributed by atoms with van der Waals surface area (Å²) in [6, 6.07) is 5.01. The highest BCUT2D eigenvalue weighted by Gasteiger charge is 2.31. The molecule has 0 saturated carbocycles. The first-order chi connectivity index (χ1) is 8.75. The maximum absolute atomic E-state index is 12.0. The first kappa shape index (κ1) is 13.8. The van der Waals surface area contributed by atoms with E-state index in [1.165, 1.54) is 0 Å². The number of H-pyrrole nitrogens is 1. The van der Waals surface area contributed by atoms with E-state index in [0.29, 0.717) is 18.7 Å². The SMILES string of the molecule is Cl.O=C(Nc1cccc2[nH]ncc12)[C@@H]1NCC[C@@H]1O.